The summed E-state index contributed by atoms with van der Waals surface area (Å²) in [5.74, 6) is 1.55. The van der Waals surface area contributed by atoms with Crippen LogP contribution in [0.15, 0.2) is 30.3 Å². The van der Waals surface area contributed by atoms with Crippen LogP contribution in [0.25, 0.3) is 0 Å². The van der Waals surface area contributed by atoms with Gasteiger partial charge in [-0.05, 0) is 48.7 Å². The minimum atomic E-state index is -0.107. The van der Waals surface area contributed by atoms with Gasteiger partial charge in [-0.1, -0.05) is 12.1 Å². The molecule has 0 bridgehead atoms. The third-order valence-electron chi connectivity index (χ3n) is 4.03. The Kier molecular flexibility index (Phi) is 5.68. The molecule has 24 heavy (non-hydrogen) atoms. The van der Waals surface area contributed by atoms with Gasteiger partial charge < -0.3 is 19.5 Å². The van der Waals surface area contributed by atoms with Crippen molar-refractivity contribution in [1.82, 2.24) is 5.32 Å². The quantitative estimate of drug-likeness (QED) is 0.884. The van der Waals surface area contributed by atoms with Gasteiger partial charge in [0.2, 0.25) is 5.75 Å². The summed E-state index contributed by atoms with van der Waals surface area (Å²) in [6, 6.07) is 9.35. The SMILES string of the molecule is COc1cc(CNC(=O)c2cccc(C)c2C)cc(OC)c1OC. The topological polar surface area (TPSA) is 56.8 Å². The van der Waals surface area contributed by atoms with Crippen molar-refractivity contribution in [1.29, 1.82) is 0 Å². The number of nitrogens with one attached hydrogen (secondary N) is 1. The summed E-state index contributed by atoms with van der Waals surface area (Å²) < 4.78 is 16.0. The molecule has 2 aromatic carbocycles. The number of amides is 1. The fraction of sp³-hybridized carbons (Fsp3) is 0.316. The molecule has 0 aliphatic heterocycles. The van der Waals surface area contributed by atoms with Crippen molar-refractivity contribution in [2.75, 3.05) is 21.3 Å². The van der Waals surface area contributed by atoms with E-state index in [4.69, 9.17) is 14.2 Å². The Balaban J connectivity index is 2.20. The maximum absolute atomic E-state index is 12.4. The van der Waals surface area contributed by atoms with Crippen LogP contribution in [-0.4, -0.2) is 27.2 Å². The lowest BCUT2D eigenvalue weighted by Crippen LogP contribution is -2.23. The van der Waals surface area contributed by atoms with E-state index in [-0.39, 0.29) is 5.91 Å². The van der Waals surface area contributed by atoms with Crippen LogP contribution in [-0.2, 0) is 6.54 Å². The summed E-state index contributed by atoms with van der Waals surface area (Å²) in [5.41, 5.74) is 3.63. The highest BCUT2D eigenvalue weighted by atomic mass is 16.5. The van der Waals surface area contributed by atoms with Crippen molar-refractivity contribution < 1.29 is 19.0 Å². The molecular formula is C19H23NO4. The number of carbonyl (C=O) groups is 1. The highest BCUT2D eigenvalue weighted by Crippen LogP contribution is 2.38. The summed E-state index contributed by atoms with van der Waals surface area (Å²) in [5, 5.41) is 2.93. The van der Waals surface area contributed by atoms with E-state index >= 15 is 0 Å². The summed E-state index contributed by atoms with van der Waals surface area (Å²) in [7, 11) is 4.69. The van der Waals surface area contributed by atoms with Crippen molar-refractivity contribution >= 4 is 5.91 Å². The first-order chi connectivity index (χ1) is 11.5. The molecule has 0 aromatic heterocycles. The summed E-state index contributed by atoms with van der Waals surface area (Å²) in [4.78, 5) is 12.4. The minimum absolute atomic E-state index is 0.107. The second-order valence-electron chi connectivity index (χ2n) is 5.46. The van der Waals surface area contributed by atoms with E-state index in [9.17, 15) is 4.79 Å². The smallest absolute Gasteiger partial charge is 0.251 e. The highest BCUT2D eigenvalue weighted by Gasteiger charge is 2.14. The van der Waals surface area contributed by atoms with Crippen molar-refractivity contribution in [2.24, 2.45) is 0 Å². The molecule has 0 unspecified atom stereocenters. The van der Waals surface area contributed by atoms with Crippen molar-refractivity contribution in [2.45, 2.75) is 20.4 Å². The Bertz CT molecular complexity index is 715. The maximum atomic E-state index is 12.4. The largest absolute Gasteiger partial charge is 0.493 e. The molecular weight excluding hydrogens is 306 g/mol. The molecule has 0 aliphatic rings. The molecule has 5 heteroatoms. The number of carbonyl (C=O) groups excluding carboxylic acids is 1. The van der Waals surface area contributed by atoms with Gasteiger partial charge in [-0.25, -0.2) is 0 Å². The van der Waals surface area contributed by atoms with Gasteiger partial charge in [0.25, 0.3) is 5.91 Å². The average molecular weight is 329 g/mol. The van der Waals surface area contributed by atoms with Gasteiger partial charge in [0.1, 0.15) is 0 Å². The number of aryl methyl sites for hydroxylation is 1. The number of hydrogen-bond donors (Lipinski definition) is 1. The van der Waals surface area contributed by atoms with E-state index in [2.05, 4.69) is 5.32 Å². The zero-order valence-electron chi connectivity index (χ0n) is 14.7. The first kappa shape index (κ1) is 17.7. The zero-order chi connectivity index (χ0) is 17.7. The van der Waals surface area contributed by atoms with Crippen LogP contribution < -0.4 is 19.5 Å². The second kappa shape index (κ2) is 7.73. The van der Waals surface area contributed by atoms with Gasteiger partial charge in [-0.2, -0.15) is 0 Å². The summed E-state index contributed by atoms with van der Waals surface area (Å²) in [6.45, 7) is 4.30. The molecule has 2 aromatic rings. The molecule has 5 nitrogen and oxygen atoms in total. The van der Waals surface area contributed by atoms with Crippen molar-refractivity contribution in [3.63, 3.8) is 0 Å². The Labute approximate surface area is 142 Å². The third kappa shape index (κ3) is 3.62. The van der Waals surface area contributed by atoms with Crippen molar-refractivity contribution in [3.05, 3.63) is 52.6 Å². The molecule has 0 aliphatic carbocycles. The normalized spacial score (nSPS) is 10.2. The van der Waals surface area contributed by atoms with Crippen LogP contribution in [0.3, 0.4) is 0 Å². The molecule has 0 fully saturated rings. The van der Waals surface area contributed by atoms with E-state index in [1.54, 1.807) is 21.3 Å². The predicted molar refractivity (Wildman–Crippen MR) is 93.2 cm³/mol. The number of hydrogen-bond acceptors (Lipinski definition) is 4. The van der Waals surface area contributed by atoms with Crippen LogP contribution in [0, 0.1) is 13.8 Å². The fourth-order valence-corrected chi connectivity index (χ4v) is 2.51. The Hall–Kier alpha value is -2.69. The van der Waals surface area contributed by atoms with Gasteiger partial charge in [0, 0.05) is 12.1 Å². The zero-order valence-corrected chi connectivity index (χ0v) is 14.7. The average Bonchev–Trinajstić information content (AvgIpc) is 2.60. The molecule has 1 amide bonds. The van der Waals surface area contributed by atoms with Gasteiger partial charge >= 0.3 is 0 Å². The van der Waals surface area contributed by atoms with E-state index in [0.29, 0.717) is 29.4 Å². The molecule has 2 rings (SSSR count). The molecule has 0 spiro atoms. The number of methoxy groups -OCH3 is 3. The Morgan fingerprint density at radius 3 is 2.17 bits per heavy atom. The van der Waals surface area contributed by atoms with E-state index in [0.717, 1.165) is 16.7 Å². The van der Waals surface area contributed by atoms with E-state index in [1.807, 2.05) is 44.2 Å². The van der Waals surface area contributed by atoms with E-state index < -0.39 is 0 Å². The lowest BCUT2D eigenvalue weighted by atomic mass is 10.0. The monoisotopic (exact) mass is 329 g/mol. The van der Waals surface area contributed by atoms with Crippen molar-refractivity contribution in [3.8, 4) is 17.2 Å². The molecule has 1 N–H and O–H groups in total. The van der Waals surface area contributed by atoms with Crippen LogP contribution >= 0.6 is 0 Å². The van der Waals surface area contributed by atoms with Crippen LogP contribution in [0.1, 0.15) is 27.0 Å². The number of ether oxygens (including phenoxy) is 3. The number of benzene rings is 2. The van der Waals surface area contributed by atoms with Crippen LogP contribution in [0.2, 0.25) is 0 Å². The lowest BCUT2D eigenvalue weighted by molar-refractivity contribution is 0.0950. The number of rotatable bonds is 6. The highest BCUT2D eigenvalue weighted by molar-refractivity contribution is 5.95. The minimum Gasteiger partial charge on any atom is -0.493 e. The molecule has 0 radical (unpaired) electrons. The predicted octanol–water partition coefficient (Wildman–Crippen LogP) is 3.26. The Morgan fingerprint density at radius 2 is 1.62 bits per heavy atom. The van der Waals surface area contributed by atoms with Gasteiger partial charge in [0.15, 0.2) is 11.5 Å². The molecule has 128 valence electrons. The first-order valence-electron chi connectivity index (χ1n) is 7.65. The fourth-order valence-electron chi connectivity index (χ4n) is 2.51. The second-order valence-corrected chi connectivity index (χ2v) is 5.46. The van der Waals surface area contributed by atoms with Gasteiger partial charge in [0.05, 0.1) is 21.3 Å². The first-order valence-corrected chi connectivity index (χ1v) is 7.65. The van der Waals surface area contributed by atoms with E-state index in [1.165, 1.54) is 0 Å². The van der Waals surface area contributed by atoms with Crippen LogP contribution in [0.5, 0.6) is 17.2 Å². The lowest BCUT2D eigenvalue weighted by Gasteiger charge is -2.15. The third-order valence-corrected chi connectivity index (χ3v) is 4.03. The molecule has 0 atom stereocenters. The standard InChI is InChI=1S/C19H23NO4/c1-12-7-6-8-15(13(12)2)19(21)20-11-14-9-16(22-3)18(24-5)17(10-14)23-4/h6-10H,11H2,1-5H3,(H,20,21). The molecule has 0 saturated heterocycles. The molecule has 0 saturated carbocycles. The van der Waals surface area contributed by atoms with Crippen LogP contribution in [0.4, 0.5) is 0 Å². The molecule has 0 heterocycles. The Morgan fingerprint density at radius 1 is 1.00 bits per heavy atom. The maximum Gasteiger partial charge on any atom is 0.251 e. The van der Waals surface area contributed by atoms with Gasteiger partial charge in [-0.15, -0.1) is 0 Å². The summed E-state index contributed by atoms with van der Waals surface area (Å²) >= 11 is 0. The van der Waals surface area contributed by atoms with Gasteiger partial charge in [-0.3, -0.25) is 4.79 Å². The summed E-state index contributed by atoms with van der Waals surface area (Å²) in [6.07, 6.45) is 0.